The Morgan fingerprint density at radius 1 is 1.18 bits per heavy atom. The minimum atomic E-state index is 0. The van der Waals surface area contributed by atoms with Crippen LogP contribution in [0.5, 0.6) is 0 Å². The summed E-state index contributed by atoms with van der Waals surface area (Å²) in [6.45, 7) is 4.99. The Hall–Kier alpha value is -0.0100. The zero-order valence-corrected chi connectivity index (χ0v) is 8.45. The number of allylic oxidation sites excluding steroid dienone is 1. The second-order valence-corrected chi connectivity index (χ2v) is 3.10. The predicted octanol–water partition coefficient (Wildman–Crippen LogP) is -2.12. The first kappa shape index (κ1) is 13.6. The molecule has 0 aromatic rings. The van der Waals surface area contributed by atoms with Gasteiger partial charge < -0.3 is 17.3 Å². The standard InChI is InChI=1S/C9H19N.ClH/c1-4-5-6-7-8-9-10(2)3;/h4H,1,5-9H2,2-3H3;1H. The van der Waals surface area contributed by atoms with Crippen molar-refractivity contribution in [3.8, 4) is 0 Å². The number of halogens is 1. The molecular formula is C9H20ClN. The van der Waals surface area contributed by atoms with E-state index in [1.54, 1.807) is 4.90 Å². The van der Waals surface area contributed by atoms with Crippen LogP contribution in [0.1, 0.15) is 25.7 Å². The summed E-state index contributed by atoms with van der Waals surface area (Å²) in [4.78, 5) is 1.55. The molecule has 0 spiro atoms. The van der Waals surface area contributed by atoms with E-state index in [2.05, 4.69) is 20.7 Å². The van der Waals surface area contributed by atoms with Crippen LogP contribution in [0.25, 0.3) is 0 Å². The molecule has 11 heavy (non-hydrogen) atoms. The van der Waals surface area contributed by atoms with Gasteiger partial charge in [0.15, 0.2) is 0 Å². The van der Waals surface area contributed by atoms with E-state index in [-0.39, 0.29) is 12.4 Å². The van der Waals surface area contributed by atoms with Crippen molar-refractivity contribution >= 4 is 0 Å². The molecule has 0 saturated heterocycles. The molecule has 0 aliphatic carbocycles. The van der Waals surface area contributed by atoms with Gasteiger partial charge in [-0.05, 0) is 25.7 Å². The van der Waals surface area contributed by atoms with Gasteiger partial charge in [0.05, 0.1) is 20.6 Å². The van der Waals surface area contributed by atoms with Crippen molar-refractivity contribution in [2.24, 2.45) is 0 Å². The SMILES string of the molecule is C=CCCCCC[NH+](C)C.[Cl-]. The maximum atomic E-state index is 3.69. The van der Waals surface area contributed by atoms with Gasteiger partial charge in [-0.2, -0.15) is 0 Å². The van der Waals surface area contributed by atoms with Crippen LogP contribution in [-0.2, 0) is 0 Å². The first-order valence-corrected chi connectivity index (χ1v) is 4.17. The average Bonchev–Trinajstić information content (AvgIpc) is 1.87. The van der Waals surface area contributed by atoms with E-state index < -0.39 is 0 Å². The van der Waals surface area contributed by atoms with Gasteiger partial charge in [-0.15, -0.1) is 6.58 Å². The van der Waals surface area contributed by atoms with Crippen LogP contribution in [-0.4, -0.2) is 20.6 Å². The lowest BCUT2D eigenvalue weighted by Crippen LogP contribution is -3.05. The van der Waals surface area contributed by atoms with Crippen LogP contribution in [0.2, 0.25) is 0 Å². The number of nitrogens with one attached hydrogen (secondary N) is 1. The third-order valence-corrected chi connectivity index (χ3v) is 1.59. The summed E-state index contributed by atoms with van der Waals surface area (Å²) in [6, 6.07) is 0. The van der Waals surface area contributed by atoms with Gasteiger partial charge in [-0.1, -0.05) is 6.08 Å². The highest BCUT2D eigenvalue weighted by Gasteiger charge is 1.91. The Balaban J connectivity index is 0. The highest BCUT2D eigenvalue weighted by molar-refractivity contribution is 4.65. The van der Waals surface area contributed by atoms with Crippen molar-refractivity contribution in [2.75, 3.05) is 20.6 Å². The molecule has 0 amide bonds. The Bertz CT molecular complexity index is 81.6. The molecule has 2 heteroatoms. The van der Waals surface area contributed by atoms with Crippen LogP contribution >= 0.6 is 0 Å². The minimum absolute atomic E-state index is 0. The Morgan fingerprint density at radius 2 is 1.82 bits per heavy atom. The summed E-state index contributed by atoms with van der Waals surface area (Å²) in [6.07, 6.45) is 7.22. The topological polar surface area (TPSA) is 4.44 Å². The molecule has 0 aliphatic rings. The maximum Gasteiger partial charge on any atom is 0.0766 e. The molecule has 0 rings (SSSR count). The molecule has 0 unspecified atom stereocenters. The number of hydrogen-bond acceptors (Lipinski definition) is 0. The van der Waals surface area contributed by atoms with E-state index in [4.69, 9.17) is 0 Å². The van der Waals surface area contributed by atoms with Crippen LogP contribution in [0.3, 0.4) is 0 Å². The minimum Gasteiger partial charge on any atom is -1.00 e. The zero-order valence-electron chi connectivity index (χ0n) is 7.70. The van der Waals surface area contributed by atoms with Crippen molar-refractivity contribution in [2.45, 2.75) is 25.7 Å². The highest BCUT2D eigenvalue weighted by atomic mass is 35.5. The Morgan fingerprint density at radius 3 is 2.27 bits per heavy atom. The summed E-state index contributed by atoms with van der Waals surface area (Å²) >= 11 is 0. The fourth-order valence-electron chi connectivity index (χ4n) is 0.944. The highest BCUT2D eigenvalue weighted by Crippen LogP contribution is 1.97. The molecule has 0 atom stereocenters. The zero-order chi connectivity index (χ0) is 7.82. The fraction of sp³-hybridized carbons (Fsp3) is 0.778. The number of unbranched alkanes of at least 4 members (excludes halogenated alkanes) is 3. The average molecular weight is 178 g/mol. The lowest BCUT2D eigenvalue weighted by molar-refractivity contribution is -0.858. The molecule has 0 aromatic heterocycles. The van der Waals surface area contributed by atoms with Crippen LogP contribution in [0.15, 0.2) is 12.7 Å². The van der Waals surface area contributed by atoms with Crippen LogP contribution < -0.4 is 17.3 Å². The Kier molecular flexibility index (Phi) is 12.3. The summed E-state index contributed by atoms with van der Waals surface area (Å²) in [7, 11) is 4.40. The van der Waals surface area contributed by atoms with E-state index in [0.29, 0.717) is 0 Å². The summed E-state index contributed by atoms with van der Waals surface area (Å²) in [5, 5.41) is 0. The van der Waals surface area contributed by atoms with Crippen molar-refractivity contribution in [3.63, 3.8) is 0 Å². The monoisotopic (exact) mass is 177 g/mol. The molecule has 1 nitrogen and oxygen atoms in total. The number of hydrogen-bond donors (Lipinski definition) is 1. The van der Waals surface area contributed by atoms with Gasteiger partial charge in [0.1, 0.15) is 0 Å². The number of quaternary nitrogens is 1. The molecular weight excluding hydrogens is 158 g/mol. The quantitative estimate of drug-likeness (QED) is 0.350. The Labute approximate surface area is 76.9 Å². The van der Waals surface area contributed by atoms with E-state index >= 15 is 0 Å². The molecule has 0 aliphatic heterocycles. The van der Waals surface area contributed by atoms with E-state index in [1.807, 2.05) is 6.08 Å². The predicted molar refractivity (Wildman–Crippen MR) is 46.3 cm³/mol. The van der Waals surface area contributed by atoms with Gasteiger partial charge in [0.25, 0.3) is 0 Å². The molecule has 0 radical (unpaired) electrons. The largest absolute Gasteiger partial charge is 1.00 e. The van der Waals surface area contributed by atoms with E-state index in [0.717, 1.165) is 0 Å². The second-order valence-electron chi connectivity index (χ2n) is 3.10. The second kappa shape index (κ2) is 9.99. The molecule has 68 valence electrons. The molecule has 0 saturated carbocycles. The van der Waals surface area contributed by atoms with Crippen LogP contribution in [0.4, 0.5) is 0 Å². The van der Waals surface area contributed by atoms with Crippen molar-refractivity contribution < 1.29 is 17.3 Å². The summed E-state index contributed by atoms with van der Waals surface area (Å²) in [5.74, 6) is 0. The maximum absolute atomic E-state index is 3.69. The molecule has 0 bridgehead atoms. The molecule has 1 N–H and O–H groups in total. The smallest absolute Gasteiger partial charge is 0.0766 e. The number of rotatable bonds is 6. The lowest BCUT2D eigenvalue weighted by atomic mass is 10.2. The summed E-state index contributed by atoms with van der Waals surface area (Å²) < 4.78 is 0. The third kappa shape index (κ3) is 13.1. The van der Waals surface area contributed by atoms with E-state index in [1.165, 1.54) is 32.2 Å². The normalized spacial score (nSPS) is 9.36. The van der Waals surface area contributed by atoms with Crippen molar-refractivity contribution in [3.05, 3.63) is 12.7 Å². The molecule has 0 aromatic carbocycles. The van der Waals surface area contributed by atoms with Crippen molar-refractivity contribution in [1.82, 2.24) is 0 Å². The van der Waals surface area contributed by atoms with E-state index in [9.17, 15) is 0 Å². The molecule has 0 heterocycles. The van der Waals surface area contributed by atoms with Gasteiger partial charge in [-0.3, -0.25) is 0 Å². The molecule has 0 fully saturated rings. The van der Waals surface area contributed by atoms with Gasteiger partial charge in [-0.25, -0.2) is 0 Å². The third-order valence-electron chi connectivity index (χ3n) is 1.59. The lowest BCUT2D eigenvalue weighted by Gasteiger charge is -2.05. The summed E-state index contributed by atoms with van der Waals surface area (Å²) in [5.41, 5.74) is 0. The fourth-order valence-corrected chi connectivity index (χ4v) is 0.944. The first-order chi connectivity index (χ1) is 4.77. The first-order valence-electron chi connectivity index (χ1n) is 4.17. The van der Waals surface area contributed by atoms with Gasteiger partial charge >= 0.3 is 0 Å². The van der Waals surface area contributed by atoms with Gasteiger partial charge in [0, 0.05) is 0 Å². The van der Waals surface area contributed by atoms with Crippen LogP contribution in [0, 0.1) is 0 Å². The van der Waals surface area contributed by atoms with Gasteiger partial charge in [0.2, 0.25) is 0 Å². The van der Waals surface area contributed by atoms with Crippen molar-refractivity contribution in [1.29, 1.82) is 0 Å².